The molecule has 0 unspecified atom stereocenters. The molecule has 0 saturated carbocycles. The van der Waals surface area contributed by atoms with Gasteiger partial charge in [-0.2, -0.15) is 0 Å². The highest BCUT2D eigenvalue weighted by Crippen LogP contribution is 2.59. The molecule has 1 aliphatic carbocycles. The summed E-state index contributed by atoms with van der Waals surface area (Å²) in [7, 11) is 0. The summed E-state index contributed by atoms with van der Waals surface area (Å²) in [6.45, 7) is 0. The van der Waals surface area contributed by atoms with Gasteiger partial charge in [-0.25, -0.2) is 0 Å². The first kappa shape index (κ1) is 42.0. The zero-order chi connectivity index (χ0) is 48.7. The summed E-state index contributed by atoms with van der Waals surface area (Å²) in [6, 6.07) is 102. The van der Waals surface area contributed by atoms with Gasteiger partial charge in [0.15, 0.2) is 0 Å². The van der Waals surface area contributed by atoms with Crippen LogP contribution in [0.15, 0.2) is 283 Å². The van der Waals surface area contributed by atoms with Crippen molar-refractivity contribution in [2.24, 2.45) is 0 Å². The molecule has 0 amide bonds. The van der Waals surface area contributed by atoms with Gasteiger partial charge in [0.05, 0.1) is 27.8 Å². The first-order valence-electron chi connectivity index (χ1n) is 25.5. The number of hydrogen-bond acceptors (Lipinski definition) is 2. The van der Waals surface area contributed by atoms with Gasteiger partial charge < -0.3 is 13.9 Å². The Morgan fingerprint density at radius 1 is 0.351 bits per heavy atom. The quantitative estimate of drug-likeness (QED) is 0.151. The number of nitrogens with zero attached hydrogens (tertiary/aromatic N) is 2. The van der Waals surface area contributed by atoms with E-state index in [-0.39, 0.29) is 0 Å². The van der Waals surface area contributed by atoms with E-state index in [1.165, 1.54) is 66.1 Å². The number of rotatable bonds is 8. The van der Waals surface area contributed by atoms with E-state index < -0.39 is 5.41 Å². The lowest BCUT2D eigenvalue weighted by atomic mass is 9.68. The van der Waals surface area contributed by atoms with Crippen LogP contribution in [0.3, 0.4) is 0 Å². The van der Waals surface area contributed by atoms with Crippen molar-refractivity contribution in [2.45, 2.75) is 5.41 Å². The Morgan fingerprint density at radius 3 is 1.59 bits per heavy atom. The Labute approximate surface area is 429 Å². The van der Waals surface area contributed by atoms with Gasteiger partial charge >= 0.3 is 0 Å². The Balaban J connectivity index is 0.905. The van der Waals surface area contributed by atoms with Gasteiger partial charge in [-0.05, 0) is 117 Å². The molecule has 0 atom stereocenters. The molecule has 346 valence electrons. The molecular weight excluding hydrogens is 897 g/mol. The number of fused-ring (bicyclic) bond motifs is 11. The maximum absolute atomic E-state index is 6.66. The van der Waals surface area contributed by atoms with E-state index in [0.717, 1.165) is 66.8 Å². The van der Waals surface area contributed by atoms with Gasteiger partial charge in [0.2, 0.25) is 0 Å². The molecule has 14 aromatic rings. The predicted molar refractivity (Wildman–Crippen MR) is 308 cm³/mol. The predicted octanol–water partition coefficient (Wildman–Crippen LogP) is 19.0. The van der Waals surface area contributed by atoms with Crippen molar-refractivity contribution < 1.29 is 4.42 Å². The smallest absolute Gasteiger partial charge is 0.143 e. The highest BCUT2D eigenvalue weighted by atomic mass is 16.3. The van der Waals surface area contributed by atoms with Crippen molar-refractivity contribution in [3.63, 3.8) is 0 Å². The molecule has 0 bridgehead atoms. The van der Waals surface area contributed by atoms with Crippen LogP contribution in [-0.2, 0) is 5.41 Å². The van der Waals surface area contributed by atoms with Crippen molar-refractivity contribution >= 4 is 71.6 Å². The minimum atomic E-state index is -0.540. The van der Waals surface area contributed by atoms with Crippen molar-refractivity contribution in [3.05, 3.63) is 301 Å². The number of anilines is 3. The van der Waals surface area contributed by atoms with Crippen molar-refractivity contribution in [1.29, 1.82) is 0 Å². The van der Waals surface area contributed by atoms with Crippen LogP contribution in [0.1, 0.15) is 22.3 Å². The Kier molecular flexibility index (Phi) is 9.48. The van der Waals surface area contributed by atoms with E-state index >= 15 is 0 Å². The monoisotopic (exact) mass is 942 g/mol. The van der Waals surface area contributed by atoms with E-state index in [4.69, 9.17) is 4.42 Å². The lowest BCUT2D eigenvalue weighted by Gasteiger charge is -2.34. The first-order chi connectivity index (χ1) is 36.7. The van der Waals surface area contributed by atoms with Gasteiger partial charge in [0.25, 0.3) is 0 Å². The number of para-hydroxylation sites is 3. The highest BCUT2D eigenvalue weighted by molar-refractivity contribution is 6.15. The average Bonchev–Trinajstić information content (AvgIpc) is 4.16. The highest BCUT2D eigenvalue weighted by Gasteiger charge is 2.47. The third-order valence-corrected chi connectivity index (χ3v) is 15.7. The Morgan fingerprint density at radius 2 is 0.892 bits per heavy atom. The largest absolute Gasteiger partial charge is 0.455 e. The maximum Gasteiger partial charge on any atom is 0.143 e. The molecule has 12 aromatic carbocycles. The fourth-order valence-electron chi connectivity index (χ4n) is 12.5. The minimum absolute atomic E-state index is 0.540. The van der Waals surface area contributed by atoms with Crippen molar-refractivity contribution in [2.75, 3.05) is 4.90 Å². The van der Waals surface area contributed by atoms with Gasteiger partial charge in [-0.1, -0.05) is 212 Å². The molecule has 1 aliphatic rings. The van der Waals surface area contributed by atoms with Crippen LogP contribution in [0.2, 0.25) is 0 Å². The van der Waals surface area contributed by atoms with E-state index in [0.29, 0.717) is 0 Å². The van der Waals surface area contributed by atoms with Crippen LogP contribution in [0.5, 0.6) is 0 Å². The van der Waals surface area contributed by atoms with Crippen LogP contribution in [-0.4, -0.2) is 4.57 Å². The van der Waals surface area contributed by atoms with Crippen molar-refractivity contribution in [3.8, 4) is 39.1 Å². The first-order valence-corrected chi connectivity index (χ1v) is 25.5. The summed E-state index contributed by atoms with van der Waals surface area (Å²) >= 11 is 0. The molecule has 15 rings (SSSR count). The Bertz CT molecular complexity index is 4380. The van der Waals surface area contributed by atoms with Gasteiger partial charge in [-0.3, -0.25) is 0 Å². The SMILES string of the molecule is c1ccc(C2(c3ccccc3)c3ccccc3-c3c(N(c4ccc(-c5ccc6c(c5)oc5c7ccccc7ccc65)cc4)c4ccc(-c5ccccc5-n5c6ccccc6c6ccccc65)cc4)cccc32)cc1. The Hall–Kier alpha value is -9.70. The molecule has 2 heterocycles. The molecule has 74 heavy (non-hydrogen) atoms. The standard InChI is InChI=1S/C71H46N2O/c1-3-19-51(20-4-1)71(52-21-5-2-6-22-52)62-28-13-9-27-61(62)69-63(71)29-17-33-67(69)72(53-40-34-47(35-41-53)50-39-44-59-60-45-38-48-18-7-8-24-56(48)70(60)74-68(59)46-50)54-42-36-49(37-43-54)55-23-10-14-30-64(55)73-65-31-15-11-25-57(65)58-26-12-16-32-66(58)73/h1-46H. The van der Waals surface area contributed by atoms with E-state index in [9.17, 15) is 0 Å². The second kappa shape index (κ2) is 16.7. The fraction of sp³-hybridized carbons (Fsp3) is 0.0141. The van der Waals surface area contributed by atoms with Crippen LogP contribution >= 0.6 is 0 Å². The van der Waals surface area contributed by atoms with Crippen LogP contribution in [0.4, 0.5) is 17.1 Å². The zero-order valence-corrected chi connectivity index (χ0v) is 40.4. The molecule has 0 saturated heterocycles. The summed E-state index contributed by atoms with van der Waals surface area (Å²) in [5.41, 5.74) is 20.1. The third-order valence-electron chi connectivity index (χ3n) is 15.7. The molecule has 2 aromatic heterocycles. The molecule has 0 N–H and O–H groups in total. The normalized spacial score (nSPS) is 12.7. The van der Waals surface area contributed by atoms with Crippen LogP contribution in [0, 0.1) is 0 Å². The molecule has 3 nitrogen and oxygen atoms in total. The van der Waals surface area contributed by atoms with Crippen LogP contribution in [0.25, 0.3) is 93.6 Å². The van der Waals surface area contributed by atoms with Crippen LogP contribution < -0.4 is 4.90 Å². The van der Waals surface area contributed by atoms with Gasteiger partial charge in [0.1, 0.15) is 11.2 Å². The fourth-order valence-corrected chi connectivity index (χ4v) is 12.5. The molecule has 0 radical (unpaired) electrons. The second-order valence-corrected chi connectivity index (χ2v) is 19.5. The van der Waals surface area contributed by atoms with E-state index in [2.05, 4.69) is 289 Å². The minimum Gasteiger partial charge on any atom is -0.455 e. The zero-order valence-electron chi connectivity index (χ0n) is 40.4. The topological polar surface area (TPSA) is 21.3 Å². The van der Waals surface area contributed by atoms with Crippen molar-refractivity contribution in [1.82, 2.24) is 4.57 Å². The molecular formula is C71H46N2O. The second-order valence-electron chi connectivity index (χ2n) is 19.5. The summed E-state index contributed by atoms with van der Waals surface area (Å²) in [6.07, 6.45) is 0. The van der Waals surface area contributed by atoms with Gasteiger partial charge in [0, 0.05) is 49.4 Å². The molecule has 3 heteroatoms. The number of benzene rings is 12. The number of hydrogen-bond donors (Lipinski definition) is 0. The van der Waals surface area contributed by atoms with E-state index in [1.807, 2.05) is 0 Å². The average molecular weight is 943 g/mol. The summed E-state index contributed by atoms with van der Waals surface area (Å²) in [5.74, 6) is 0. The maximum atomic E-state index is 6.66. The van der Waals surface area contributed by atoms with Gasteiger partial charge in [-0.15, -0.1) is 0 Å². The molecule has 0 fully saturated rings. The summed E-state index contributed by atoms with van der Waals surface area (Å²) in [4.78, 5) is 2.46. The summed E-state index contributed by atoms with van der Waals surface area (Å²) in [5, 5.41) is 7.07. The lowest BCUT2D eigenvalue weighted by Crippen LogP contribution is -2.28. The molecule has 0 aliphatic heterocycles. The number of aromatic nitrogens is 1. The molecule has 0 spiro atoms. The summed E-state index contributed by atoms with van der Waals surface area (Å²) < 4.78 is 9.08. The lowest BCUT2D eigenvalue weighted by molar-refractivity contribution is 0.673. The third kappa shape index (κ3) is 6.27. The van der Waals surface area contributed by atoms with E-state index in [1.54, 1.807) is 0 Å². The number of furan rings is 1.